The first kappa shape index (κ1) is 13.6. The number of hydrogen-bond acceptors (Lipinski definition) is 3. The fourth-order valence-electron chi connectivity index (χ4n) is 2.16. The van der Waals surface area contributed by atoms with Gasteiger partial charge in [0.1, 0.15) is 11.5 Å². The zero-order valence-electron chi connectivity index (χ0n) is 11.4. The molecule has 0 unspecified atom stereocenters. The van der Waals surface area contributed by atoms with Crippen molar-refractivity contribution in [3.05, 3.63) is 64.5 Å². The zero-order chi connectivity index (χ0) is 14.8. The molecule has 4 nitrogen and oxygen atoms in total. The highest BCUT2D eigenvalue weighted by Crippen LogP contribution is 2.24. The van der Waals surface area contributed by atoms with Crippen LogP contribution in [0.1, 0.15) is 21.7 Å². The van der Waals surface area contributed by atoms with Gasteiger partial charge in [-0.3, -0.25) is 9.48 Å². The quantitative estimate of drug-likeness (QED) is 0.685. The highest BCUT2D eigenvalue weighted by Gasteiger charge is 2.14. The maximum absolute atomic E-state index is 11.2. The summed E-state index contributed by atoms with van der Waals surface area (Å²) in [6.45, 7) is 2.35. The third kappa shape index (κ3) is 2.76. The summed E-state index contributed by atoms with van der Waals surface area (Å²) < 4.78 is 7.23. The number of halogens is 1. The highest BCUT2D eigenvalue weighted by atomic mass is 35.5. The van der Waals surface area contributed by atoms with Crippen LogP contribution >= 0.6 is 11.6 Å². The molecule has 0 aliphatic rings. The summed E-state index contributed by atoms with van der Waals surface area (Å²) in [6.07, 6.45) is 2.48. The van der Waals surface area contributed by atoms with E-state index in [-0.39, 0.29) is 0 Å². The van der Waals surface area contributed by atoms with Crippen molar-refractivity contribution in [1.29, 1.82) is 0 Å². The number of furan rings is 1. The van der Waals surface area contributed by atoms with Gasteiger partial charge in [-0.1, -0.05) is 29.8 Å². The number of aromatic nitrogens is 2. The molecule has 0 N–H and O–H groups in total. The molecule has 0 atom stereocenters. The fraction of sp³-hybridized carbons (Fsp3) is 0.125. The Morgan fingerprint density at radius 3 is 2.76 bits per heavy atom. The molecule has 21 heavy (non-hydrogen) atoms. The number of rotatable bonds is 4. The monoisotopic (exact) mass is 300 g/mol. The van der Waals surface area contributed by atoms with Crippen LogP contribution in [0.25, 0.3) is 11.5 Å². The fourth-order valence-corrected chi connectivity index (χ4v) is 2.35. The lowest BCUT2D eigenvalue weighted by molar-refractivity contribution is 0.112. The Morgan fingerprint density at radius 1 is 1.29 bits per heavy atom. The van der Waals surface area contributed by atoms with E-state index < -0.39 is 0 Å². The van der Waals surface area contributed by atoms with Crippen molar-refractivity contribution < 1.29 is 9.21 Å². The number of aldehydes is 1. The molecule has 0 saturated carbocycles. The topological polar surface area (TPSA) is 48.0 Å². The predicted molar refractivity (Wildman–Crippen MR) is 80.6 cm³/mol. The summed E-state index contributed by atoms with van der Waals surface area (Å²) in [6, 6.07) is 11.2. The molecule has 106 valence electrons. The average Bonchev–Trinajstić information content (AvgIpc) is 3.07. The van der Waals surface area contributed by atoms with Crippen LogP contribution in [0, 0.1) is 6.92 Å². The molecule has 0 spiro atoms. The van der Waals surface area contributed by atoms with Crippen molar-refractivity contribution in [2.45, 2.75) is 13.5 Å². The molecule has 1 aromatic carbocycles. The Morgan fingerprint density at radius 2 is 2.10 bits per heavy atom. The van der Waals surface area contributed by atoms with Crippen LogP contribution in [0.4, 0.5) is 0 Å². The predicted octanol–water partition coefficient (Wildman–Crippen LogP) is 3.97. The Bertz CT molecular complexity index is 789. The maximum atomic E-state index is 11.2. The standard InChI is InChI=1S/C16H13ClN2O2/c1-11-6-7-15(21-11)16-13(10-20)9-19(18-16)8-12-4-2-3-5-14(12)17/h2-7,9-10H,8H2,1H3. The van der Waals surface area contributed by atoms with Gasteiger partial charge in [0.25, 0.3) is 0 Å². The number of nitrogens with zero attached hydrogens (tertiary/aromatic N) is 2. The van der Waals surface area contributed by atoms with Crippen molar-refractivity contribution >= 4 is 17.9 Å². The first-order chi connectivity index (χ1) is 10.2. The minimum atomic E-state index is 0.497. The molecule has 0 aliphatic heterocycles. The molecule has 2 aromatic heterocycles. The summed E-state index contributed by atoms with van der Waals surface area (Å²) in [5.74, 6) is 1.37. The summed E-state index contributed by atoms with van der Waals surface area (Å²) in [5, 5.41) is 5.11. The van der Waals surface area contributed by atoms with E-state index in [0.717, 1.165) is 17.6 Å². The zero-order valence-corrected chi connectivity index (χ0v) is 12.2. The van der Waals surface area contributed by atoms with Crippen LogP contribution in [-0.4, -0.2) is 16.1 Å². The minimum Gasteiger partial charge on any atom is -0.460 e. The highest BCUT2D eigenvalue weighted by molar-refractivity contribution is 6.31. The van der Waals surface area contributed by atoms with Crippen molar-refractivity contribution in [1.82, 2.24) is 9.78 Å². The van der Waals surface area contributed by atoms with E-state index >= 15 is 0 Å². The van der Waals surface area contributed by atoms with Crippen LogP contribution in [0.15, 0.2) is 47.0 Å². The Labute approximate surface area is 127 Å². The molecule has 0 fully saturated rings. The smallest absolute Gasteiger partial charge is 0.155 e. The van der Waals surface area contributed by atoms with Gasteiger partial charge in [-0.2, -0.15) is 5.10 Å². The number of aryl methyl sites for hydroxylation is 1. The van der Waals surface area contributed by atoms with E-state index in [1.807, 2.05) is 43.3 Å². The molecule has 2 heterocycles. The van der Waals surface area contributed by atoms with Gasteiger partial charge in [-0.05, 0) is 30.7 Å². The normalized spacial score (nSPS) is 10.8. The largest absolute Gasteiger partial charge is 0.460 e. The molecular formula is C16H13ClN2O2. The van der Waals surface area contributed by atoms with Gasteiger partial charge in [0, 0.05) is 11.2 Å². The summed E-state index contributed by atoms with van der Waals surface area (Å²) >= 11 is 6.15. The number of hydrogen-bond donors (Lipinski definition) is 0. The summed E-state index contributed by atoms with van der Waals surface area (Å²) in [7, 11) is 0. The average molecular weight is 301 g/mol. The van der Waals surface area contributed by atoms with Gasteiger partial charge >= 0.3 is 0 Å². The first-order valence-electron chi connectivity index (χ1n) is 6.50. The second kappa shape index (κ2) is 5.58. The van der Waals surface area contributed by atoms with Crippen molar-refractivity contribution in [2.75, 3.05) is 0 Å². The van der Waals surface area contributed by atoms with Gasteiger partial charge in [-0.15, -0.1) is 0 Å². The SMILES string of the molecule is Cc1ccc(-c2nn(Cc3ccccc3Cl)cc2C=O)o1. The lowest BCUT2D eigenvalue weighted by Gasteiger charge is -2.03. The van der Waals surface area contributed by atoms with Crippen LogP contribution in [0.5, 0.6) is 0 Å². The first-order valence-corrected chi connectivity index (χ1v) is 6.88. The van der Waals surface area contributed by atoms with Crippen LogP contribution in [0.3, 0.4) is 0 Å². The number of benzene rings is 1. The molecule has 0 bridgehead atoms. The van der Waals surface area contributed by atoms with Crippen LogP contribution < -0.4 is 0 Å². The molecule has 0 saturated heterocycles. The molecular weight excluding hydrogens is 288 g/mol. The van der Waals surface area contributed by atoms with Gasteiger partial charge in [0.15, 0.2) is 12.0 Å². The minimum absolute atomic E-state index is 0.497. The summed E-state index contributed by atoms with van der Waals surface area (Å²) in [5.41, 5.74) is 1.99. The van der Waals surface area contributed by atoms with Crippen LogP contribution in [-0.2, 0) is 6.54 Å². The Kier molecular flexibility index (Phi) is 3.62. The van der Waals surface area contributed by atoms with Crippen molar-refractivity contribution in [3.8, 4) is 11.5 Å². The lowest BCUT2D eigenvalue weighted by atomic mass is 10.2. The Hall–Kier alpha value is -2.33. The van der Waals surface area contributed by atoms with E-state index in [9.17, 15) is 4.79 Å². The van der Waals surface area contributed by atoms with Gasteiger partial charge in [0.05, 0.1) is 12.1 Å². The molecule has 5 heteroatoms. The number of carbonyl (C=O) groups excluding carboxylic acids is 1. The van der Waals surface area contributed by atoms with E-state index in [1.165, 1.54) is 0 Å². The molecule has 0 radical (unpaired) electrons. The van der Waals surface area contributed by atoms with Crippen molar-refractivity contribution in [3.63, 3.8) is 0 Å². The Balaban J connectivity index is 1.96. The molecule has 3 rings (SSSR count). The van der Waals surface area contributed by atoms with Crippen molar-refractivity contribution in [2.24, 2.45) is 0 Å². The second-order valence-corrected chi connectivity index (χ2v) is 5.16. The van der Waals surface area contributed by atoms with E-state index in [0.29, 0.717) is 28.6 Å². The van der Waals surface area contributed by atoms with E-state index in [2.05, 4.69) is 5.10 Å². The molecule has 0 aliphatic carbocycles. The van der Waals surface area contributed by atoms with Crippen LogP contribution in [0.2, 0.25) is 5.02 Å². The van der Waals surface area contributed by atoms with E-state index in [1.54, 1.807) is 10.9 Å². The summed E-state index contributed by atoms with van der Waals surface area (Å²) in [4.78, 5) is 11.2. The van der Waals surface area contributed by atoms with Gasteiger partial charge in [-0.25, -0.2) is 0 Å². The third-order valence-corrected chi connectivity index (χ3v) is 3.55. The maximum Gasteiger partial charge on any atom is 0.155 e. The molecule has 0 amide bonds. The molecule has 3 aromatic rings. The number of carbonyl (C=O) groups is 1. The van der Waals surface area contributed by atoms with Gasteiger partial charge < -0.3 is 4.42 Å². The van der Waals surface area contributed by atoms with Gasteiger partial charge in [0.2, 0.25) is 0 Å². The second-order valence-electron chi connectivity index (χ2n) is 4.75. The third-order valence-electron chi connectivity index (χ3n) is 3.18. The van der Waals surface area contributed by atoms with E-state index in [4.69, 9.17) is 16.0 Å². The lowest BCUT2D eigenvalue weighted by Crippen LogP contribution is -2.00.